The second-order valence-corrected chi connectivity index (χ2v) is 8.00. The number of aromatic hydroxyl groups is 1. The minimum Gasteiger partial charge on any atom is -0.503 e. The van der Waals surface area contributed by atoms with Crippen LogP contribution in [0.4, 0.5) is 8.78 Å². The second kappa shape index (κ2) is 8.34. The summed E-state index contributed by atoms with van der Waals surface area (Å²) in [5, 5.41) is 13.0. The normalized spacial score (nSPS) is 24.1. The van der Waals surface area contributed by atoms with E-state index in [1.807, 2.05) is 0 Å². The van der Waals surface area contributed by atoms with Crippen molar-refractivity contribution in [3.63, 3.8) is 0 Å². The summed E-state index contributed by atoms with van der Waals surface area (Å²) in [6, 6.07) is 1.71. The number of amides is 2. The quantitative estimate of drug-likeness (QED) is 0.742. The van der Waals surface area contributed by atoms with Gasteiger partial charge in [-0.25, -0.2) is 8.78 Å². The Morgan fingerprint density at radius 1 is 1.34 bits per heavy atom. The fourth-order valence-electron chi connectivity index (χ4n) is 4.27. The van der Waals surface area contributed by atoms with Gasteiger partial charge in [0, 0.05) is 44.0 Å². The number of ether oxygens (including phenoxy) is 1. The molecule has 2 aliphatic heterocycles. The third-order valence-corrected chi connectivity index (χ3v) is 6.10. The Labute approximate surface area is 186 Å². The highest BCUT2D eigenvalue weighted by molar-refractivity contribution is 5.99. The van der Waals surface area contributed by atoms with E-state index in [9.17, 15) is 28.3 Å². The van der Waals surface area contributed by atoms with Crippen molar-refractivity contribution >= 4 is 11.8 Å². The average molecular weight is 450 g/mol. The van der Waals surface area contributed by atoms with Crippen molar-refractivity contribution in [3.05, 3.63) is 63.1 Å². The highest BCUT2D eigenvalue weighted by Gasteiger charge is 2.42. The van der Waals surface area contributed by atoms with Crippen molar-refractivity contribution in [2.75, 3.05) is 13.6 Å². The molecule has 1 fully saturated rings. The molecule has 10 heteroatoms. The number of nitrogens with zero attached hydrogens (tertiary/aromatic N) is 2. The molecule has 2 N–H and O–H groups in total. The van der Waals surface area contributed by atoms with Crippen molar-refractivity contribution in [2.24, 2.45) is 0 Å². The molecule has 2 aromatic rings. The van der Waals surface area contributed by atoms with Crippen LogP contribution in [0.3, 0.4) is 0 Å². The Morgan fingerprint density at radius 3 is 2.84 bits per heavy atom. The molecular weight excluding hydrogens is 424 g/mol. The Bertz CT molecular complexity index is 1250. The van der Waals surface area contributed by atoms with Crippen molar-refractivity contribution in [3.8, 4) is 5.75 Å². The molecule has 2 aliphatic rings. The number of halogens is 2. The van der Waals surface area contributed by atoms with E-state index in [4.69, 9.17) is 8.85 Å². The van der Waals surface area contributed by atoms with Crippen LogP contribution in [0.1, 0.15) is 56.3 Å². The number of hydrogen-bond acceptors (Lipinski definition) is 5. The van der Waals surface area contributed by atoms with Gasteiger partial charge in [0.1, 0.15) is 17.2 Å². The van der Waals surface area contributed by atoms with E-state index in [1.54, 1.807) is 6.92 Å². The highest BCUT2D eigenvalue weighted by Crippen LogP contribution is 2.35. The molecule has 8 nitrogen and oxygen atoms in total. The first kappa shape index (κ1) is 18.3. The molecule has 4 rings (SSSR count). The van der Waals surface area contributed by atoms with Crippen molar-refractivity contribution in [1.82, 2.24) is 14.8 Å². The van der Waals surface area contributed by atoms with Crippen LogP contribution >= 0.6 is 0 Å². The fraction of sp³-hybridized carbons (Fsp3) is 0.409. The van der Waals surface area contributed by atoms with Crippen LogP contribution in [-0.2, 0) is 11.3 Å². The highest BCUT2D eigenvalue weighted by atomic mass is 19.1. The molecule has 0 aliphatic carbocycles. The summed E-state index contributed by atoms with van der Waals surface area (Å²) >= 11 is 0. The van der Waals surface area contributed by atoms with Crippen molar-refractivity contribution in [2.45, 2.75) is 44.5 Å². The first-order valence-electron chi connectivity index (χ1n) is 11.6. The summed E-state index contributed by atoms with van der Waals surface area (Å²) in [6.07, 6.45) is 0.901. The molecule has 170 valence electrons. The van der Waals surface area contributed by atoms with Crippen LogP contribution in [0.5, 0.6) is 5.75 Å². The molecule has 0 saturated carbocycles. The zero-order chi connectivity index (χ0) is 25.7. The van der Waals surface area contributed by atoms with E-state index in [0.717, 1.165) is 18.3 Å². The lowest BCUT2D eigenvalue weighted by atomic mass is 10.0. The van der Waals surface area contributed by atoms with Gasteiger partial charge in [0.2, 0.25) is 5.43 Å². The molecule has 1 aromatic heterocycles. The molecular formula is C22H23F2N3O5. The molecule has 2 bridgehead atoms. The number of aromatic nitrogens is 1. The smallest absolute Gasteiger partial charge is 0.274 e. The number of rotatable bonds is 4. The summed E-state index contributed by atoms with van der Waals surface area (Å²) < 4.78 is 56.0. The molecule has 1 aromatic carbocycles. The zero-order valence-corrected chi connectivity index (χ0v) is 17.1. The molecule has 0 spiro atoms. The number of hydrogen-bond donors (Lipinski definition) is 2. The maximum atomic E-state index is 13.9. The standard InChI is InChI=1S/C22H23F2N3O5/c1-11-3-6-17(32-2)16-10-26(11)22(31)18-20(29)19(28)14(9-27(16)18)21(30)25-8-12-4-5-13(23)7-15(12)24/h4-5,7,9,11,16-17,29H,3,6,8,10H2,1-2H3,(H,25,30)/i2D3. The van der Waals surface area contributed by atoms with Crippen LogP contribution < -0.4 is 10.7 Å². The lowest BCUT2D eigenvalue weighted by Crippen LogP contribution is -2.49. The van der Waals surface area contributed by atoms with Crippen molar-refractivity contribution in [1.29, 1.82) is 0 Å². The summed E-state index contributed by atoms with van der Waals surface area (Å²) in [5.74, 6) is -4.22. The third kappa shape index (κ3) is 3.64. The molecule has 0 radical (unpaired) electrons. The number of benzene rings is 1. The van der Waals surface area contributed by atoms with Crippen LogP contribution in [0.2, 0.25) is 0 Å². The number of fused-ring (bicyclic) bond motifs is 4. The largest absolute Gasteiger partial charge is 0.503 e. The molecule has 2 amide bonds. The maximum absolute atomic E-state index is 13.9. The predicted molar refractivity (Wildman–Crippen MR) is 109 cm³/mol. The van der Waals surface area contributed by atoms with E-state index >= 15 is 0 Å². The zero-order valence-electron chi connectivity index (χ0n) is 20.1. The van der Waals surface area contributed by atoms with Crippen LogP contribution in [0, 0.1) is 11.6 Å². The monoisotopic (exact) mass is 450 g/mol. The Kier molecular flexibility index (Phi) is 4.78. The minimum absolute atomic E-state index is 0.0308. The Balaban J connectivity index is 1.72. The van der Waals surface area contributed by atoms with Gasteiger partial charge in [0.05, 0.1) is 16.3 Å². The summed E-state index contributed by atoms with van der Waals surface area (Å²) in [4.78, 5) is 40.1. The first-order valence-corrected chi connectivity index (χ1v) is 10.1. The molecule has 32 heavy (non-hydrogen) atoms. The van der Waals surface area contributed by atoms with Gasteiger partial charge in [-0.05, 0) is 25.8 Å². The fourth-order valence-corrected chi connectivity index (χ4v) is 4.27. The Morgan fingerprint density at radius 2 is 2.12 bits per heavy atom. The number of nitrogens with one attached hydrogen (secondary N) is 1. The molecule has 3 atom stereocenters. The van der Waals surface area contributed by atoms with Gasteiger partial charge in [-0.15, -0.1) is 0 Å². The predicted octanol–water partition coefficient (Wildman–Crippen LogP) is 1.96. The van der Waals surface area contributed by atoms with Crippen molar-refractivity contribution < 1.29 is 32.3 Å². The SMILES string of the molecule is [2H]C([2H])([2H])OC1CCC(C)N2CC1n1cc(C(=O)NCc3ccc(F)cc3F)c(=O)c(O)c1C2=O. The summed E-state index contributed by atoms with van der Waals surface area (Å²) in [6.45, 7) is 1.46. The van der Waals surface area contributed by atoms with E-state index in [-0.39, 0.29) is 36.8 Å². The molecule has 3 heterocycles. The number of carbonyl (C=O) groups excluding carboxylic acids is 2. The minimum atomic E-state index is -2.73. The van der Waals surface area contributed by atoms with Gasteiger partial charge >= 0.3 is 0 Å². The van der Waals surface area contributed by atoms with E-state index in [2.05, 4.69) is 5.32 Å². The van der Waals surface area contributed by atoms with Gasteiger partial charge in [-0.3, -0.25) is 14.4 Å². The van der Waals surface area contributed by atoms with E-state index < -0.39 is 59.4 Å². The van der Waals surface area contributed by atoms with Gasteiger partial charge in [0.25, 0.3) is 11.8 Å². The lowest BCUT2D eigenvalue weighted by molar-refractivity contribution is 0.0330. The maximum Gasteiger partial charge on any atom is 0.274 e. The second-order valence-electron chi connectivity index (χ2n) is 8.00. The van der Waals surface area contributed by atoms with Crippen LogP contribution in [-0.4, -0.2) is 52.1 Å². The average Bonchev–Trinajstić information content (AvgIpc) is 2.90. The summed E-state index contributed by atoms with van der Waals surface area (Å²) in [7, 11) is -2.73. The van der Waals surface area contributed by atoms with Crippen LogP contribution in [0.25, 0.3) is 0 Å². The number of pyridine rings is 1. The Hall–Kier alpha value is -3.27. The van der Waals surface area contributed by atoms with Crippen LogP contribution in [0.15, 0.2) is 29.2 Å². The lowest BCUT2D eigenvalue weighted by Gasteiger charge is -2.38. The number of carbonyl (C=O) groups is 2. The third-order valence-electron chi connectivity index (χ3n) is 6.10. The van der Waals surface area contributed by atoms with Gasteiger partial charge in [-0.1, -0.05) is 6.07 Å². The van der Waals surface area contributed by atoms with Gasteiger partial charge < -0.3 is 24.6 Å². The topological polar surface area (TPSA) is 101 Å². The summed E-state index contributed by atoms with van der Waals surface area (Å²) in [5.41, 5.74) is -2.03. The van der Waals surface area contributed by atoms with E-state index in [0.29, 0.717) is 12.5 Å². The van der Waals surface area contributed by atoms with Gasteiger partial charge in [0.15, 0.2) is 11.4 Å². The molecule has 3 unspecified atom stereocenters. The number of methoxy groups -OCH3 is 1. The molecule has 1 saturated heterocycles. The van der Waals surface area contributed by atoms with Gasteiger partial charge in [-0.2, -0.15) is 0 Å². The van der Waals surface area contributed by atoms with E-state index in [1.165, 1.54) is 9.47 Å². The first-order chi connectivity index (χ1) is 16.4.